The van der Waals surface area contributed by atoms with Crippen molar-refractivity contribution in [3.63, 3.8) is 0 Å². The number of aryl methyl sites for hydroxylation is 1. The van der Waals surface area contributed by atoms with E-state index in [1.807, 2.05) is 24.1 Å². The quantitative estimate of drug-likeness (QED) is 0.487. The predicted octanol–water partition coefficient (Wildman–Crippen LogP) is 4.18. The van der Waals surface area contributed by atoms with Gasteiger partial charge in [-0.1, -0.05) is 23.7 Å². The zero-order valence-electron chi connectivity index (χ0n) is 24.6. The molecule has 1 aromatic carbocycles. The summed E-state index contributed by atoms with van der Waals surface area (Å²) in [5.74, 6) is 0.109. The Morgan fingerprint density at radius 3 is 2.60 bits per heavy atom. The number of amides is 3. The van der Waals surface area contributed by atoms with Gasteiger partial charge in [0.25, 0.3) is 5.91 Å². The Kier molecular flexibility index (Phi) is 7.47. The van der Waals surface area contributed by atoms with Crippen LogP contribution in [0.1, 0.15) is 66.8 Å². The number of benzene rings is 1. The number of ether oxygens (including phenoxy) is 3. The fourth-order valence-electron chi connectivity index (χ4n) is 6.64. The van der Waals surface area contributed by atoms with Gasteiger partial charge in [-0.2, -0.15) is 5.10 Å². The van der Waals surface area contributed by atoms with Gasteiger partial charge in [-0.05, 0) is 56.7 Å². The Morgan fingerprint density at radius 2 is 1.93 bits per heavy atom. The number of imide groups is 1. The minimum absolute atomic E-state index is 0.00837. The lowest BCUT2D eigenvalue weighted by atomic mass is 9.70. The van der Waals surface area contributed by atoms with Gasteiger partial charge in [0.2, 0.25) is 0 Å². The zero-order valence-corrected chi connectivity index (χ0v) is 25.4. The average molecular weight is 600 g/mol. The van der Waals surface area contributed by atoms with Crippen molar-refractivity contribution in [2.24, 2.45) is 13.0 Å². The van der Waals surface area contributed by atoms with Gasteiger partial charge in [-0.3, -0.25) is 14.4 Å². The fourth-order valence-corrected chi connectivity index (χ4v) is 6.88. The molecule has 2 aromatic rings. The van der Waals surface area contributed by atoms with Crippen molar-refractivity contribution in [1.29, 1.82) is 0 Å². The van der Waals surface area contributed by atoms with Crippen LogP contribution >= 0.6 is 11.6 Å². The van der Waals surface area contributed by atoms with Gasteiger partial charge in [0.15, 0.2) is 0 Å². The van der Waals surface area contributed by atoms with Gasteiger partial charge in [0, 0.05) is 45.2 Å². The highest BCUT2D eigenvalue weighted by atomic mass is 35.5. The smallest absolute Gasteiger partial charge is 0.420 e. The van der Waals surface area contributed by atoms with Gasteiger partial charge >= 0.3 is 12.2 Å². The SMILES string of the molecule is Cn1ncc(Cl)c1CC1c2cc(CN3CCOCC3)ccc2C(=O)N1CC1CC2(C1)CN(C(=O)OC(C)(C)C)C(=O)O2. The van der Waals surface area contributed by atoms with Crippen molar-refractivity contribution >= 4 is 29.7 Å². The number of hydrogen-bond acceptors (Lipinski definition) is 8. The zero-order chi connectivity index (χ0) is 29.8. The van der Waals surface area contributed by atoms with E-state index in [4.69, 9.17) is 25.8 Å². The van der Waals surface area contributed by atoms with Crippen molar-refractivity contribution in [3.8, 4) is 0 Å². The van der Waals surface area contributed by atoms with Gasteiger partial charge < -0.3 is 19.1 Å². The molecule has 1 spiro atoms. The first kappa shape index (κ1) is 28.9. The molecule has 4 heterocycles. The summed E-state index contributed by atoms with van der Waals surface area (Å²) >= 11 is 6.52. The average Bonchev–Trinajstić information content (AvgIpc) is 3.51. The van der Waals surface area contributed by atoms with Crippen LogP contribution in [0.3, 0.4) is 0 Å². The van der Waals surface area contributed by atoms with E-state index in [0.29, 0.717) is 36.4 Å². The molecule has 4 aliphatic rings. The lowest BCUT2D eigenvalue weighted by Crippen LogP contribution is -2.51. The topological polar surface area (TPSA) is 106 Å². The molecule has 1 saturated carbocycles. The summed E-state index contributed by atoms with van der Waals surface area (Å²) in [6.07, 6.45) is 1.94. The molecule has 1 unspecified atom stereocenters. The molecule has 2 saturated heterocycles. The van der Waals surface area contributed by atoms with E-state index in [9.17, 15) is 14.4 Å². The maximum absolute atomic E-state index is 13.8. The normalized spacial score (nSPS) is 26.0. The molecule has 11 nitrogen and oxygen atoms in total. The summed E-state index contributed by atoms with van der Waals surface area (Å²) in [6, 6.07) is 5.96. The first-order valence-corrected chi connectivity index (χ1v) is 14.9. The summed E-state index contributed by atoms with van der Waals surface area (Å²) in [5.41, 5.74) is 2.29. The number of nitrogens with zero attached hydrogens (tertiary/aromatic N) is 5. The molecule has 42 heavy (non-hydrogen) atoms. The van der Waals surface area contributed by atoms with Crippen LogP contribution < -0.4 is 0 Å². The summed E-state index contributed by atoms with van der Waals surface area (Å²) < 4.78 is 18.3. The van der Waals surface area contributed by atoms with E-state index in [-0.39, 0.29) is 24.4 Å². The number of morpholine rings is 1. The third kappa shape index (κ3) is 5.61. The Morgan fingerprint density at radius 1 is 1.19 bits per heavy atom. The molecule has 12 heteroatoms. The molecule has 1 aromatic heterocycles. The van der Waals surface area contributed by atoms with Gasteiger partial charge in [0.05, 0.1) is 42.7 Å². The highest BCUT2D eigenvalue weighted by Crippen LogP contribution is 2.48. The second-order valence-electron chi connectivity index (χ2n) is 12.9. The van der Waals surface area contributed by atoms with Crippen LogP contribution in [0.2, 0.25) is 5.02 Å². The molecule has 6 rings (SSSR count). The minimum Gasteiger partial charge on any atom is -0.443 e. The number of carbonyl (C=O) groups excluding carboxylic acids is 3. The number of aromatic nitrogens is 2. The number of halogens is 1. The second kappa shape index (κ2) is 10.8. The van der Waals surface area contributed by atoms with Crippen LogP contribution in [0.25, 0.3) is 0 Å². The first-order chi connectivity index (χ1) is 19.9. The molecule has 1 atom stereocenters. The molecule has 0 bridgehead atoms. The lowest BCUT2D eigenvalue weighted by molar-refractivity contribution is -0.0564. The highest BCUT2D eigenvalue weighted by molar-refractivity contribution is 6.31. The molecule has 1 aliphatic carbocycles. The van der Waals surface area contributed by atoms with Gasteiger partial charge in [0.1, 0.15) is 11.2 Å². The van der Waals surface area contributed by atoms with E-state index < -0.39 is 23.4 Å². The molecule has 226 valence electrons. The third-order valence-electron chi connectivity index (χ3n) is 8.61. The summed E-state index contributed by atoms with van der Waals surface area (Å²) in [4.78, 5) is 44.2. The maximum atomic E-state index is 13.8. The van der Waals surface area contributed by atoms with Crippen molar-refractivity contribution in [2.45, 2.75) is 63.8 Å². The second-order valence-corrected chi connectivity index (χ2v) is 13.3. The van der Waals surface area contributed by atoms with Crippen LogP contribution in [0, 0.1) is 5.92 Å². The van der Waals surface area contributed by atoms with E-state index >= 15 is 0 Å². The van der Waals surface area contributed by atoms with E-state index in [0.717, 1.165) is 54.6 Å². The summed E-state index contributed by atoms with van der Waals surface area (Å²) in [5, 5.41) is 4.89. The lowest BCUT2D eigenvalue weighted by Gasteiger charge is -2.44. The third-order valence-corrected chi connectivity index (χ3v) is 8.93. The Hall–Kier alpha value is -3.15. The number of fused-ring (bicyclic) bond motifs is 1. The molecule has 3 aliphatic heterocycles. The number of carbonyl (C=O) groups is 3. The molecular weight excluding hydrogens is 562 g/mol. The van der Waals surface area contributed by atoms with Crippen LogP contribution in [0.15, 0.2) is 24.4 Å². The standard InChI is InChI=1S/C30H38ClN5O6/c1-29(2,3)41-27(38)36-18-30(42-28(36)39)13-20(14-30)17-35-24(12-25-23(31)15-32-33(25)4)22-11-19(5-6-21(22)26(35)37)16-34-7-9-40-10-8-34/h5-6,11,15,20,24H,7-10,12-14,16-18H2,1-4H3. The fraction of sp³-hybridized carbons (Fsp3) is 0.600. The molecule has 3 fully saturated rings. The number of hydrogen-bond donors (Lipinski definition) is 0. The Labute approximate surface area is 250 Å². The molecular formula is C30H38ClN5O6. The van der Waals surface area contributed by atoms with Crippen molar-refractivity contribution in [3.05, 3.63) is 51.8 Å². The monoisotopic (exact) mass is 599 g/mol. The largest absolute Gasteiger partial charge is 0.443 e. The number of rotatable bonds is 6. The Bertz CT molecular complexity index is 1370. The van der Waals surface area contributed by atoms with E-state index in [1.165, 1.54) is 0 Å². The molecule has 0 N–H and O–H groups in total. The summed E-state index contributed by atoms with van der Waals surface area (Å²) in [7, 11) is 1.86. The van der Waals surface area contributed by atoms with E-state index in [1.54, 1.807) is 31.6 Å². The Balaban J connectivity index is 1.18. The molecule has 0 radical (unpaired) electrons. The summed E-state index contributed by atoms with van der Waals surface area (Å²) in [6.45, 7) is 9.97. The van der Waals surface area contributed by atoms with Crippen molar-refractivity contribution in [2.75, 3.05) is 39.4 Å². The van der Waals surface area contributed by atoms with Gasteiger partial charge in [-0.15, -0.1) is 0 Å². The predicted molar refractivity (Wildman–Crippen MR) is 153 cm³/mol. The van der Waals surface area contributed by atoms with E-state index in [2.05, 4.69) is 16.1 Å². The van der Waals surface area contributed by atoms with Crippen LogP contribution in [0.5, 0.6) is 0 Å². The van der Waals surface area contributed by atoms with Crippen LogP contribution in [-0.2, 0) is 34.2 Å². The molecule has 3 amide bonds. The van der Waals surface area contributed by atoms with Crippen LogP contribution in [0.4, 0.5) is 9.59 Å². The van der Waals surface area contributed by atoms with Gasteiger partial charge in [-0.25, -0.2) is 14.5 Å². The maximum Gasteiger partial charge on any atom is 0.420 e. The first-order valence-electron chi connectivity index (χ1n) is 14.6. The minimum atomic E-state index is -0.736. The van der Waals surface area contributed by atoms with Crippen molar-refractivity contribution in [1.82, 2.24) is 24.5 Å². The van der Waals surface area contributed by atoms with Crippen LogP contribution in [-0.4, -0.2) is 93.2 Å². The highest BCUT2D eigenvalue weighted by Gasteiger charge is 2.57. The van der Waals surface area contributed by atoms with Crippen molar-refractivity contribution < 1.29 is 28.6 Å².